The third kappa shape index (κ3) is 6.15. The molecule has 0 bridgehead atoms. The van der Waals surface area contributed by atoms with Gasteiger partial charge in [-0.25, -0.2) is 0 Å². The highest BCUT2D eigenvalue weighted by atomic mass is 16.4. The number of likely N-dealkylation sites (tertiary alicyclic amines) is 1. The highest BCUT2D eigenvalue weighted by Gasteiger charge is 2.36. The number of carbonyl (C=O) groups is 4. The van der Waals surface area contributed by atoms with Gasteiger partial charge in [0.15, 0.2) is 0 Å². The molecule has 0 aromatic heterocycles. The zero-order valence-corrected chi connectivity index (χ0v) is 14.1. The van der Waals surface area contributed by atoms with E-state index in [1.165, 1.54) is 4.90 Å². The first-order chi connectivity index (χ1) is 11.2. The van der Waals surface area contributed by atoms with E-state index in [9.17, 15) is 19.2 Å². The van der Waals surface area contributed by atoms with Crippen LogP contribution in [0, 0.1) is 5.92 Å². The number of carbonyl (C=O) groups excluding carboxylic acids is 3. The molecule has 1 rings (SSSR count). The number of nitrogens with one attached hydrogen (secondary N) is 2. The van der Waals surface area contributed by atoms with Crippen molar-refractivity contribution in [2.45, 2.75) is 45.2 Å². The Morgan fingerprint density at radius 2 is 1.88 bits per heavy atom. The van der Waals surface area contributed by atoms with Crippen molar-refractivity contribution >= 4 is 23.7 Å². The summed E-state index contributed by atoms with van der Waals surface area (Å²) in [5, 5.41) is 13.0. The summed E-state index contributed by atoms with van der Waals surface area (Å²) >= 11 is 0. The summed E-state index contributed by atoms with van der Waals surface area (Å²) < 4.78 is 0. The Bertz CT molecular complexity index is 494. The molecule has 9 heteroatoms. The number of hydrogen-bond donors (Lipinski definition) is 4. The number of rotatable bonds is 8. The van der Waals surface area contributed by atoms with E-state index in [0.717, 1.165) is 0 Å². The molecule has 3 amide bonds. The lowest BCUT2D eigenvalue weighted by atomic mass is 10.0. The molecule has 1 heterocycles. The van der Waals surface area contributed by atoms with Gasteiger partial charge in [0.05, 0.1) is 12.6 Å². The first kappa shape index (κ1) is 19.9. The molecule has 1 saturated heterocycles. The average Bonchev–Trinajstić information content (AvgIpc) is 2.98. The number of aliphatic carboxylic acids is 1. The fraction of sp³-hybridized carbons (Fsp3) is 0.733. The molecular formula is C15H26N4O5. The van der Waals surface area contributed by atoms with Crippen molar-refractivity contribution in [2.24, 2.45) is 11.7 Å². The number of nitrogens with zero attached hydrogens (tertiary/aromatic N) is 1. The van der Waals surface area contributed by atoms with E-state index in [0.29, 0.717) is 25.8 Å². The van der Waals surface area contributed by atoms with Gasteiger partial charge >= 0.3 is 5.97 Å². The lowest BCUT2D eigenvalue weighted by Gasteiger charge is -2.27. The summed E-state index contributed by atoms with van der Waals surface area (Å²) in [6.07, 6.45) is 1.76. The Kier molecular flexibility index (Phi) is 7.63. The maximum atomic E-state index is 12.4. The van der Waals surface area contributed by atoms with E-state index in [2.05, 4.69) is 10.6 Å². The number of carboxylic acid groups (broad SMARTS) is 1. The summed E-state index contributed by atoms with van der Waals surface area (Å²) in [5.41, 5.74) is 5.91. The molecule has 5 N–H and O–H groups in total. The molecule has 136 valence electrons. The van der Waals surface area contributed by atoms with Crippen molar-refractivity contribution in [3.63, 3.8) is 0 Å². The van der Waals surface area contributed by atoms with Crippen LogP contribution in [0.4, 0.5) is 0 Å². The molecular weight excluding hydrogens is 316 g/mol. The first-order valence-electron chi connectivity index (χ1n) is 8.04. The number of hydrogen-bond acceptors (Lipinski definition) is 5. The molecule has 2 atom stereocenters. The third-order valence-corrected chi connectivity index (χ3v) is 3.74. The zero-order chi connectivity index (χ0) is 18.3. The second kappa shape index (κ2) is 9.21. The Labute approximate surface area is 140 Å². The lowest BCUT2D eigenvalue weighted by Crippen LogP contribution is -2.52. The standard InChI is InChI=1S/C15H26N4O5/c1-9(2)6-10(16)15(24)19-5-3-4-11(19)14(23)18-7-12(20)17-8-13(21)22/h9-11H,3-8,16H2,1-2H3,(H,17,20)(H,18,23)(H,21,22). The molecule has 0 aliphatic carbocycles. The van der Waals surface area contributed by atoms with E-state index in [-0.39, 0.29) is 18.4 Å². The van der Waals surface area contributed by atoms with Crippen molar-refractivity contribution in [1.29, 1.82) is 0 Å². The summed E-state index contributed by atoms with van der Waals surface area (Å²) in [6.45, 7) is 3.57. The van der Waals surface area contributed by atoms with Crippen LogP contribution in [0.15, 0.2) is 0 Å². The van der Waals surface area contributed by atoms with Crippen molar-refractivity contribution < 1.29 is 24.3 Å². The van der Waals surface area contributed by atoms with Crippen LogP contribution in [0.5, 0.6) is 0 Å². The van der Waals surface area contributed by atoms with Gasteiger partial charge < -0.3 is 26.4 Å². The minimum Gasteiger partial charge on any atom is -0.480 e. The largest absolute Gasteiger partial charge is 0.480 e. The van der Waals surface area contributed by atoms with Gasteiger partial charge in [-0.15, -0.1) is 0 Å². The molecule has 1 aliphatic heterocycles. The molecule has 1 fully saturated rings. The quantitative estimate of drug-likeness (QED) is 0.430. The molecule has 24 heavy (non-hydrogen) atoms. The second-order valence-electron chi connectivity index (χ2n) is 6.31. The third-order valence-electron chi connectivity index (χ3n) is 3.74. The fourth-order valence-electron chi connectivity index (χ4n) is 2.65. The van der Waals surface area contributed by atoms with Crippen LogP contribution in [0.1, 0.15) is 33.1 Å². The Morgan fingerprint density at radius 3 is 2.46 bits per heavy atom. The van der Waals surface area contributed by atoms with Gasteiger partial charge in [-0.05, 0) is 25.2 Å². The average molecular weight is 342 g/mol. The van der Waals surface area contributed by atoms with E-state index >= 15 is 0 Å². The van der Waals surface area contributed by atoms with Gasteiger partial charge in [-0.2, -0.15) is 0 Å². The number of amides is 3. The van der Waals surface area contributed by atoms with Gasteiger partial charge in [0.2, 0.25) is 17.7 Å². The molecule has 0 aromatic rings. The highest BCUT2D eigenvalue weighted by molar-refractivity contribution is 5.92. The molecule has 9 nitrogen and oxygen atoms in total. The van der Waals surface area contributed by atoms with Crippen molar-refractivity contribution in [1.82, 2.24) is 15.5 Å². The predicted octanol–water partition coefficient (Wildman–Crippen LogP) is -1.33. The predicted molar refractivity (Wildman–Crippen MR) is 85.8 cm³/mol. The first-order valence-corrected chi connectivity index (χ1v) is 8.04. The van der Waals surface area contributed by atoms with Crippen LogP contribution < -0.4 is 16.4 Å². The summed E-state index contributed by atoms with van der Waals surface area (Å²) in [4.78, 5) is 47.8. The fourth-order valence-corrected chi connectivity index (χ4v) is 2.65. The summed E-state index contributed by atoms with van der Waals surface area (Å²) in [5.74, 6) is -2.17. The monoisotopic (exact) mass is 342 g/mol. The number of carboxylic acids is 1. The van der Waals surface area contributed by atoms with Crippen molar-refractivity contribution in [3.05, 3.63) is 0 Å². The summed E-state index contributed by atoms with van der Waals surface area (Å²) in [7, 11) is 0. The Hall–Kier alpha value is -2.16. The molecule has 0 saturated carbocycles. The van der Waals surface area contributed by atoms with E-state index in [4.69, 9.17) is 10.8 Å². The van der Waals surface area contributed by atoms with Crippen LogP contribution in [0.3, 0.4) is 0 Å². The van der Waals surface area contributed by atoms with Gasteiger partial charge in [-0.3, -0.25) is 19.2 Å². The smallest absolute Gasteiger partial charge is 0.322 e. The SMILES string of the molecule is CC(C)CC(N)C(=O)N1CCCC1C(=O)NCC(=O)NCC(=O)O. The Balaban J connectivity index is 2.52. The molecule has 1 aliphatic rings. The van der Waals surface area contributed by atoms with E-state index < -0.39 is 36.4 Å². The molecule has 0 radical (unpaired) electrons. The molecule has 0 aromatic carbocycles. The van der Waals surface area contributed by atoms with E-state index in [1.54, 1.807) is 0 Å². The van der Waals surface area contributed by atoms with Crippen LogP contribution in [-0.4, -0.2) is 65.4 Å². The van der Waals surface area contributed by atoms with Crippen LogP contribution >= 0.6 is 0 Å². The normalized spacial score (nSPS) is 18.3. The zero-order valence-electron chi connectivity index (χ0n) is 14.1. The van der Waals surface area contributed by atoms with Crippen molar-refractivity contribution in [2.75, 3.05) is 19.6 Å². The summed E-state index contributed by atoms with van der Waals surface area (Å²) in [6, 6.07) is -1.28. The maximum Gasteiger partial charge on any atom is 0.322 e. The van der Waals surface area contributed by atoms with E-state index in [1.807, 2.05) is 13.8 Å². The molecule has 2 unspecified atom stereocenters. The van der Waals surface area contributed by atoms with Crippen molar-refractivity contribution in [3.8, 4) is 0 Å². The minimum absolute atomic E-state index is 0.253. The highest BCUT2D eigenvalue weighted by Crippen LogP contribution is 2.19. The van der Waals surface area contributed by atoms with Gasteiger partial charge in [0, 0.05) is 6.54 Å². The van der Waals surface area contributed by atoms with Gasteiger partial charge in [-0.1, -0.05) is 13.8 Å². The number of nitrogens with two attached hydrogens (primary N) is 1. The Morgan fingerprint density at radius 1 is 1.21 bits per heavy atom. The van der Waals surface area contributed by atoms with Crippen LogP contribution in [0.2, 0.25) is 0 Å². The van der Waals surface area contributed by atoms with Gasteiger partial charge in [0.25, 0.3) is 0 Å². The van der Waals surface area contributed by atoms with Gasteiger partial charge in [0.1, 0.15) is 12.6 Å². The maximum absolute atomic E-state index is 12.4. The van der Waals surface area contributed by atoms with Crippen LogP contribution in [-0.2, 0) is 19.2 Å². The van der Waals surface area contributed by atoms with Crippen LogP contribution in [0.25, 0.3) is 0 Å². The second-order valence-corrected chi connectivity index (χ2v) is 6.31. The molecule has 0 spiro atoms. The lowest BCUT2D eigenvalue weighted by molar-refractivity contribution is -0.140. The topological polar surface area (TPSA) is 142 Å². The minimum atomic E-state index is -1.17.